The molecule has 0 saturated heterocycles. The van der Waals surface area contributed by atoms with Gasteiger partial charge < -0.3 is 10.4 Å². The minimum Gasteiger partial charge on any atom is -0.501 e. The van der Waals surface area contributed by atoms with Gasteiger partial charge in [0, 0.05) is 11.4 Å². The highest BCUT2D eigenvalue weighted by molar-refractivity contribution is 7.98. The first-order valence-corrected chi connectivity index (χ1v) is 10.1. The van der Waals surface area contributed by atoms with Crippen molar-refractivity contribution in [2.45, 2.75) is 44.9 Å². The lowest BCUT2D eigenvalue weighted by atomic mass is 10.2. The number of aromatic hydroxyl groups is 1. The summed E-state index contributed by atoms with van der Waals surface area (Å²) in [5, 5.41) is 12.9. The molecule has 1 aromatic carbocycles. The maximum atomic E-state index is 12.5. The van der Waals surface area contributed by atoms with Crippen LogP contribution in [0.15, 0.2) is 34.0 Å². The van der Waals surface area contributed by atoms with Crippen molar-refractivity contribution in [3.8, 4) is 5.75 Å². The molecule has 0 spiro atoms. The Kier molecular flexibility index (Phi) is 7.04. The Balaban J connectivity index is 0.00000126. The lowest BCUT2D eigenvalue weighted by Crippen LogP contribution is -2.29. The van der Waals surface area contributed by atoms with Crippen LogP contribution >= 0.6 is 11.8 Å². The minimum atomic E-state index is -0.609. The average molecular weight is 391 g/mol. The molecule has 2 heterocycles. The topological polar surface area (TPSA) is 87.5 Å². The number of nitrogens with zero attached hydrogens (tertiary/aromatic N) is 3. The van der Waals surface area contributed by atoms with Crippen LogP contribution in [-0.2, 0) is 13.2 Å². The Morgan fingerprint density at radius 3 is 2.70 bits per heavy atom. The van der Waals surface area contributed by atoms with Crippen molar-refractivity contribution in [1.82, 2.24) is 19.8 Å². The molecule has 1 unspecified atom stereocenters. The van der Waals surface area contributed by atoms with Gasteiger partial charge in [0.25, 0.3) is 11.5 Å². The normalized spacial score (nSPS) is 15.7. The SMILES string of the molecule is CC.CSc1ccccc1CNC(=O)c1nc2n(c(=O)c1O)CN(C)C2C. The van der Waals surface area contributed by atoms with Crippen LogP contribution in [0, 0.1) is 0 Å². The van der Waals surface area contributed by atoms with Crippen LogP contribution in [0.1, 0.15) is 48.7 Å². The zero-order valence-corrected chi connectivity index (χ0v) is 17.1. The molecule has 1 atom stereocenters. The molecule has 2 N–H and O–H groups in total. The number of hydrogen-bond donors (Lipinski definition) is 2. The maximum absolute atomic E-state index is 12.5. The number of aromatic nitrogens is 2. The lowest BCUT2D eigenvalue weighted by molar-refractivity contribution is 0.0941. The number of nitrogens with one attached hydrogen (secondary N) is 1. The fourth-order valence-corrected chi connectivity index (χ4v) is 3.44. The van der Waals surface area contributed by atoms with Crippen molar-refractivity contribution in [1.29, 1.82) is 0 Å². The molecule has 0 fully saturated rings. The third-order valence-electron chi connectivity index (χ3n) is 4.42. The van der Waals surface area contributed by atoms with Crippen LogP contribution in [0.4, 0.5) is 0 Å². The number of carbonyl (C=O) groups excluding carboxylic acids is 1. The Bertz CT molecular complexity index is 882. The highest BCUT2D eigenvalue weighted by Crippen LogP contribution is 2.25. The number of fused-ring (bicyclic) bond motifs is 1. The summed E-state index contributed by atoms with van der Waals surface area (Å²) in [6, 6.07) is 7.63. The van der Waals surface area contributed by atoms with Crippen molar-refractivity contribution in [2.75, 3.05) is 13.3 Å². The Morgan fingerprint density at radius 2 is 2.04 bits per heavy atom. The molecular formula is C19H26N4O3S. The molecule has 3 rings (SSSR count). The molecule has 0 radical (unpaired) electrons. The maximum Gasteiger partial charge on any atom is 0.297 e. The summed E-state index contributed by atoms with van der Waals surface area (Å²) in [6.07, 6.45) is 1.97. The second-order valence-electron chi connectivity index (χ2n) is 5.97. The van der Waals surface area contributed by atoms with Crippen LogP contribution in [-0.4, -0.2) is 38.8 Å². The largest absolute Gasteiger partial charge is 0.501 e. The summed E-state index contributed by atoms with van der Waals surface area (Å²) in [7, 11) is 1.86. The van der Waals surface area contributed by atoms with Crippen LogP contribution in [0.5, 0.6) is 5.75 Å². The quantitative estimate of drug-likeness (QED) is 0.781. The predicted molar refractivity (Wildman–Crippen MR) is 107 cm³/mol. The zero-order chi connectivity index (χ0) is 20.1. The molecule has 0 aliphatic carbocycles. The van der Waals surface area contributed by atoms with E-state index in [0.717, 1.165) is 10.5 Å². The fourth-order valence-electron chi connectivity index (χ4n) is 2.83. The second kappa shape index (κ2) is 9.05. The van der Waals surface area contributed by atoms with E-state index >= 15 is 0 Å². The monoisotopic (exact) mass is 390 g/mol. The predicted octanol–water partition coefficient (Wildman–Crippen LogP) is 2.59. The number of amides is 1. The van der Waals surface area contributed by atoms with E-state index in [1.165, 1.54) is 4.57 Å². The van der Waals surface area contributed by atoms with E-state index in [0.29, 0.717) is 19.0 Å². The Morgan fingerprint density at radius 1 is 1.37 bits per heavy atom. The smallest absolute Gasteiger partial charge is 0.297 e. The van der Waals surface area contributed by atoms with Gasteiger partial charge in [0.15, 0.2) is 5.69 Å². The van der Waals surface area contributed by atoms with Gasteiger partial charge in [0.2, 0.25) is 5.75 Å². The third-order valence-corrected chi connectivity index (χ3v) is 5.26. The van der Waals surface area contributed by atoms with Crippen LogP contribution in [0.2, 0.25) is 0 Å². The lowest BCUT2D eigenvalue weighted by Gasteiger charge is -2.12. The molecule has 27 heavy (non-hydrogen) atoms. The van der Waals surface area contributed by atoms with Gasteiger partial charge in [-0.3, -0.25) is 19.1 Å². The number of benzene rings is 1. The molecule has 0 saturated carbocycles. The standard InChI is InChI=1S/C17H20N4O3S.C2H6/c1-10-15-19-13(14(22)17(24)21(15)9-20(10)2)16(23)18-8-11-6-4-5-7-12(11)25-3;1-2/h4-7,10,22H,8-9H2,1-3H3,(H,18,23);1-2H3. The summed E-state index contributed by atoms with van der Waals surface area (Å²) < 4.78 is 1.39. The molecule has 8 heteroatoms. The average Bonchev–Trinajstić information content (AvgIpc) is 2.99. The van der Waals surface area contributed by atoms with Gasteiger partial charge in [-0.1, -0.05) is 32.0 Å². The van der Waals surface area contributed by atoms with Gasteiger partial charge in [-0.2, -0.15) is 0 Å². The van der Waals surface area contributed by atoms with E-state index in [1.807, 2.05) is 63.2 Å². The molecule has 1 aromatic heterocycles. The molecule has 146 valence electrons. The summed E-state index contributed by atoms with van der Waals surface area (Å²) in [5.74, 6) is -0.683. The van der Waals surface area contributed by atoms with Gasteiger partial charge in [-0.25, -0.2) is 4.98 Å². The number of thioether (sulfide) groups is 1. The van der Waals surface area contributed by atoms with Gasteiger partial charge in [-0.15, -0.1) is 11.8 Å². The highest BCUT2D eigenvalue weighted by atomic mass is 32.2. The van der Waals surface area contributed by atoms with E-state index in [9.17, 15) is 14.7 Å². The number of hydrogen-bond acceptors (Lipinski definition) is 6. The summed E-state index contributed by atoms with van der Waals surface area (Å²) in [6.45, 7) is 6.54. The van der Waals surface area contributed by atoms with Gasteiger partial charge in [0.05, 0.1) is 12.7 Å². The Hall–Kier alpha value is -2.32. The molecule has 0 bridgehead atoms. The summed E-state index contributed by atoms with van der Waals surface area (Å²) in [5.41, 5.74) is 0.157. The van der Waals surface area contributed by atoms with Crippen molar-refractivity contribution in [2.24, 2.45) is 0 Å². The van der Waals surface area contributed by atoms with Crippen LogP contribution in [0.3, 0.4) is 0 Å². The number of rotatable bonds is 4. The van der Waals surface area contributed by atoms with Gasteiger partial charge in [0.1, 0.15) is 5.82 Å². The molecule has 1 aliphatic heterocycles. The minimum absolute atomic E-state index is 0.0999. The fraction of sp³-hybridized carbons (Fsp3) is 0.421. The van der Waals surface area contributed by atoms with E-state index in [1.54, 1.807) is 11.8 Å². The van der Waals surface area contributed by atoms with Crippen LogP contribution in [0.25, 0.3) is 0 Å². The van der Waals surface area contributed by atoms with Gasteiger partial charge in [-0.05, 0) is 31.9 Å². The second-order valence-corrected chi connectivity index (χ2v) is 6.82. The first-order chi connectivity index (χ1) is 12.9. The first kappa shape index (κ1) is 21.0. The van der Waals surface area contributed by atoms with E-state index in [-0.39, 0.29) is 11.7 Å². The van der Waals surface area contributed by atoms with E-state index in [2.05, 4.69) is 10.3 Å². The van der Waals surface area contributed by atoms with Crippen molar-refractivity contribution < 1.29 is 9.90 Å². The molecule has 2 aromatic rings. The van der Waals surface area contributed by atoms with Gasteiger partial charge >= 0.3 is 0 Å². The van der Waals surface area contributed by atoms with Crippen molar-refractivity contribution in [3.05, 3.63) is 51.7 Å². The summed E-state index contributed by atoms with van der Waals surface area (Å²) >= 11 is 1.59. The van der Waals surface area contributed by atoms with E-state index in [4.69, 9.17) is 0 Å². The molecular weight excluding hydrogens is 364 g/mol. The number of carbonyl (C=O) groups is 1. The third kappa shape index (κ3) is 4.17. The molecule has 1 amide bonds. The summed E-state index contributed by atoms with van der Waals surface area (Å²) in [4.78, 5) is 32.0. The molecule has 7 nitrogen and oxygen atoms in total. The van der Waals surface area contributed by atoms with Crippen molar-refractivity contribution >= 4 is 17.7 Å². The first-order valence-electron chi connectivity index (χ1n) is 8.88. The van der Waals surface area contributed by atoms with E-state index < -0.39 is 17.2 Å². The van der Waals surface area contributed by atoms with Crippen molar-refractivity contribution in [3.63, 3.8) is 0 Å². The zero-order valence-electron chi connectivity index (χ0n) is 16.3. The highest BCUT2D eigenvalue weighted by Gasteiger charge is 2.30. The Labute approximate surface area is 163 Å². The molecule has 1 aliphatic rings. The van der Waals surface area contributed by atoms with Crippen LogP contribution < -0.4 is 10.9 Å².